The largest absolute Gasteiger partial charge is 0.460 e. The molecule has 8 heteroatoms. The number of ether oxygens (including phenoxy) is 1. The number of hydrogen-bond donors (Lipinski definition) is 1. The van der Waals surface area contributed by atoms with Gasteiger partial charge in [-0.2, -0.15) is 4.98 Å². The molecule has 1 N–H and O–H groups in total. The van der Waals surface area contributed by atoms with Crippen molar-refractivity contribution < 1.29 is 18.3 Å². The van der Waals surface area contributed by atoms with Gasteiger partial charge in [0.15, 0.2) is 5.82 Å². The molecule has 0 spiro atoms. The third kappa shape index (κ3) is 5.06. The molecular formula is C25H22F2N4O2. The second-order valence-corrected chi connectivity index (χ2v) is 7.77. The molecule has 0 bridgehead atoms. The van der Waals surface area contributed by atoms with Crippen LogP contribution in [0.15, 0.2) is 66.7 Å². The molecule has 1 aromatic heterocycles. The monoisotopic (exact) mass is 448 g/mol. The first kappa shape index (κ1) is 22.1. The summed E-state index contributed by atoms with van der Waals surface area (Å²) in [5.74, 6) is -0.676. The number of nitrogens with one attached hydrogen (secondary N) is 1. The van der Waals surface area contributed by atoms with E-state index >= 15 is 0 Å². The van der Waals surface area contributed by atoms with Crippen LogP contribution >= 0.6 is 0 Å². The SMILES string of the molecule is Cc1cc(C(=O)Nc2ccc(-n3nc(OC(C)C)nc3-c3cccc(F)c3)cc2)ccc1F. The molecule has 0 aliphatic carbocycles. The highest BCUT2D eigenvalue weighted by molar-refractivity contribution is 6.04. The number of carbonyl (C=O) groups is 1. The van der Waals surface area contributed by atoms with Crippen LogP contribution in [-0.4, -0.2) is 26.8 Å². The van der Waals surface area contributed by atoms with Crippen LogP contribution in [0.4, 0.5) is 14.5 Å². The predicted octanol–water partition coefficient (Wildman–Crippen LogP) is 5.56. The molecule has 3 aromatic carbocycles. The van der Waals surface area contributed by atoms with Gasteiger partial charge in [-0.1, -0.05) is 12.1 Å². The maximum atomic E-state index is 13.8. The van der Waals surface area contributed by atoms with E-state index in [1.165, 1.54) is 30.3 Å². The number of aromatic nitrogens is 3. The van der Waals surface area contributed by atoms with Gasteiger partial charge in [-0.05, 0) is 80.9 Å². The third-order valence-electron chi connectivity index (χ3n) is 4.80. The minimum Gasteiger partial charge on any atom is -0.460 e. The van der Waals surface area contributed by atoms with E-state index in [1.54, 1.807) is 48.0 Å². The van der Waals surface area contributed by atoms with Crippen molar-refractivity contribution in [2.75, 3.05) is 5.32 Å². The number of rotatable bonds is 6. The first-order valence-corrected chi connectivity index (χ1v) is 10.4. The van der Waals surface area contributed by atoms with Gasteiger partial charge in [0.05, 0.1) is 11.8 Å². The van der Waals surface area contributed by atoms with Crippen LogP contribution in [0, 0.1) is 18.6 Å². The number of amides is 1. The zero-order valence-corrected chi connectivity index (χ0v) is 18.3. The molecule has 4 rings (SSSR count). The fraction of sp³-hybridized carbons (Fsp3) is 0.160. The summed E-state index contributed by atoms with van der Waals surface area (Å²) in [6.07, 6.45) is -0.131. The number of nitrogens with zero attached hydrogens (tertiary/aromatic N) is 3. The fourth-order valence-corrected chi connectivity index (χ4v) is 3.22. The van der Waals surface area contributed by atoms with Gasteiger partial charge in [-0.25, -0.2) is 13.5 Å². The van der Waals surface area contributed by atoms with Gasteiger partial charge in [0.1, 0.15) is 11.6 Å². The van der Waals surface area contributed by atoms with E-state index in [9.17, 15) is 13.6 Å². The van der Waals surface area contributed by atoms with Crippen molar-refractivity contribution in [3.8, 4) is 23.1 Å². The standard InChI is InChI=1S/C25H22F2N4O2/c1-15(2)33-25-29-23(17-5-4-6-19(26)14-17)31(30-25)21-10-8-20(9-11-21)28-24(32)18-7-12-22(27)16(3)13-18/h4-15H,1-3H3,(H,28,32). The molecule has 0 aliphatic rings. The molecular weight excluding hydrogens is 426 g/mol. The molecule has 0 unspecified atom stereocenters. The van der Waals surface area contributed by atoms with E-state index in [2.05, 4.69) is 15.4 Å². The van der Waals surface area contributed by atoms with Crippen LogP contribution in [0.1, 0.15) is 29.8 Å². The van der Waals surface area contributed by atoms with Crippen LogP contribution in [0.3, 0.4) is 0 Å². The Morgan fingerprint density at radius 2 is 1.79 bits per heavy atom. The van der Waals surface area contributed by atoms with Gasteiger partial charge in [0, 0.05) is 16.8 Å². The lowest BCUT2D eigenvalue weighted by Crippen LogP contribution is -2.12. The van der Waals surface area contributed by atoms with Gasteiger partial charge in [0.2, 0.25) is 0 Å². The van der Waals surface area contributed by atoms with Gasteiger partial charge >= 0.3 is 6.01 Å². The van der Waals surface area contributed by atoms with Crippen molar-refractivity contribution in [1.29, 1.82) is 0 Å². The van der Waals surface area contributed by atoms with Crippen LogP contribution in [0.2, 0.25) is 0 Å². The van der Waals surface area contributed by atoms with Crippen molar-refractivity contribution in [1.82, 2.24) is 14.8 Å². The molecule has 168 valence electrons. The molecule has 0 aliphatic heterocycles. The normalized spacial score (nSPS) is 11.0. The lowest BCUT2D eigenvalue weighted by Gasteiger charge is -2.09. The first-order valence-electron chi connectivity index (χ1n) is 10.4. The highest BCUT2D eigenvalue weighted by Crippen LogP contribution is 2.25. The van der Waals surface area contributed by atoms with E-state index in [4.69, 9.17) is 4.74 Å². The van der Waals surface area contributed by atoms with Gasteiger partial charge in [-0.3, -0.25) is 4.79 Å². The van der Waals surface area contributed by atoms with Gasteiger partial charge < -0.3 is 10.1 Å². The Morgan fingerprint density at radius 1 is 1.03 bits per heavy atom. The third-order valence-corrected chi connectivity index (χ3v) is 4.80. The van der Waals surface area contributed by atoms with Gasteiger partial charge in [-0.15, -0.1) is 5.10 Å². The summed E-state index contributed by atoms with van der Waals surface area (Å²) in [6, 6.07) is 17.4. The number of anilines is 1. The lowest BCUT2D eigenvalue weighted by molar-refractivity contribution is 0.102. The van der Waals surface area contributed by atoms with Crippen molar-refractivity contribution in [3.05, 3.63) is 89.5 Å². The lowest BCUT2D eigenvalue weighted by atomic mass is 10.1. The minimum absolute atomic E-state index is 0.131. The predicted molar refractivity (Wildman–Crippen MR) is 122 cm³/mol. The molecule has 0 atom stereocenters. The maximum Gasteiger partial charge on any atom is 0.336 e. The highest BCUT2D eigenvalue weighted by atomic mass is 19.1. The zero-order chi connectivity index (χ0) is 23.5. The summed E-state index contributed by atoms with van der Waals surface area (Å²) in [5.41, 5.74) is 2.50. The summed E-state index contributed by atoms with van der Waals surface area (Å²) in [5, 5.41) is 7.21. The number of carbonyl (C=O) groups excluding carboxylic acids is 1. The molecule has 33 heavy (non-hydrogen) atoms. The Labute approximate surface area is 189 Å². The van der Waals surface area contributed by atoms with E-state index in [0.29, 0.717) is 33.9 Å². The fourth-order valence-electron chi connectivity index (χ4n) is 3.22. The summed E-state index contributed by atoms with van der Waals surface area (Å²) in [4.78, 5) is 16.9. The van der Waals surface area contributed by atoms with Gasteiger partial charge in [0.25, 0.3) is 5.91 Å². The Bertz CT molecular complexity index is 1300. The molecule has 0 saturated carbocycles. The summed E-state index contributed by atoms with van der Waals surface area (Å²) in [6.45, 7) is 5.33. The zero-order valence-electron chi connectivity index (χ0n) is 18.3. The Hall–Kier alpha value is -4.07. The van der Waals surface area contributed by atoms with Crippen LogP contribution in [0.25, 0.3) is 17.1 Å². The van der Waals surface area contributed by atoms with Crippen LogP contribution in [-0.2, 0) is 0 Å². The quantitative estimate of drug-likeness (QED) is 0.419. The number of benzene rings is 3. The average Bonchev–Trinajstić information content (AvgIpc) is 3.19. The Balaban J connectivity index is 1.62. The number of halogens is 2. The summed E-state index contributed by atoms with van der Waals surface area (Å²) >= 11 is 0. The van der Waals surface area contributed by atoms with Crippen molar-refractivity contribution in [3.63, 3.8) is 0 Å². The second-order valence-electron chi connectivity index (χ2n) is 7.77. The van der Waals surface area contributed by atoms with Crippen molar-refractivity contribution in [2.45, 2.75) is 26.9 Å². The molecule has 0 radical (unpaired) electrons. The smallest absolute Gasteiger partial charge is 0.336 e. The van der Waals surface area contributed by atoms with E-state index in [-0.39, 0.29) is 29.7 Å². The maximum absolute atomic E-state index is 13.8. The topological polar surface area (TPSA) is 69.0 Å². The average molecular weight is 448 g/mol. The van der Waals surface area contributed by atoms with Crippen LogP contribution in [0.5, 0.6) is 6.01 Å². The summed E-state index contributed by atoms with van der Waals surface area (Å²) in [7, 11) is 0. The molecule has 0 saturated heterocycles. The van der Waals surface area contributed by atoms with Crippen LogP contribution < -0.4 is 10.1 Å². The first-order chi connectivity index (χ1) is 15.8. The van der Waals surface area contributed by atoms with E-state index in [0.717, 1.165) is 0 Å². The highest BCUT2D eigenvalue weighted by Gasteiger charge is 2.16. The molecule has 4 aromatic rings. The molecule has 1 amide bonds. The number of aryl methyl sites for hydroxylation is 1. The minimum atomic E-state index is -0.387. The molecule has 0 fully saturated rings. The summed E-state index contributed by atoms with van der Waals surface area (Å²) < 4.78 is 34.5. The second kappa shape index (κ2) is 9.20. The van der Waals surface area contributed by atoms with Crippen molar-refractivity contribution in [2.24, 2.45) is 0 Å². The Kier molecular flexibility index (Phi) is 6.17. The van der Waals surface area contributed by atoms with Crippen molar-refractivity contribution >= 4 is 11.6 Å². The van der Waals surface area contributed by atoms with E-state index in [1.807, 2.05) is 13.8 Å². The van der Waals surface area contributed by atoms with E-state index < -0.39 is 0 Å². The Morgan fingerprint density at radius 3 is 2.45 bits per heavy atom. The number of hydrogen-bond acceptors (Lipinski definition) is 4. The molecule has 1 heterocycles. The molecule has 6 nitrogen and oxygen atoms in total.